The molecule has 0 amide bonds. The Morgan fingerprint density at radius 1 is 1.33 bits per heavy atom. The van der Waals surface area contributed by atoms with Gasteiger partial charge < -0.3 is 4.79 Å². The predicted octanol–water partition coefficient (Wildman–Crippen LogP) is 0.789. The maximum Gasteiger partial charge on any atom is 0.157 e. The lowest BCUT2D eigenvalue weighted by Gasteiger charge is -2.14. The molecular formula is C8H14O3S. The van der Waals surface area contributed by atoms with Crippen LogP contribution in [0.3, 0.4) is 0 Å². The number of hydrogen-bond donors (Lipinski definition) is 0. The van der Waals surface area contributed by atoms with E-state index in [1.165, 1.54) is 0 Å². The van der Waals surface area contributed by atoms with Gasteiger partial charge in [-0.3, -0.25) is 0 Å². The van der Waals surface area contributed by atoms with Crippen molar-refractivity contribution in [1.82, 2.24) is 0 Å². The Hall–Kier alpha value is -0.380. The van der Waals surface area contributed by atoms with E-state index in [9.17, 15) is 13.2 Å². The molecule has 0 aromatic heterocycles. The van der Waals surface area contributed by atoms with Crippen LogP contribution >= 0.6 is 0 Å². The van der Waals surface area contributed by atoms with Crippen LogP contribution in [0.25, 0.3) is 0 Å². The molecule has 0 N–H and O–H groups in total. The third-order valence-electron chi connectivity index (χ3n) is 2.49. The number of aldehydes is 1. The third kappa shape index (κ3) is 2.06. The maximum atomic E-state index is 11.1. The number of carbonyl (C=O) groups is 1. The minimum atomic E-state index is -3.17. The summed E-state index contributed by atoms with van der Waals surface area (Å²) in [6.07, 6.45) is 5.62. The molecule has 0 spiro atoms. The van der Waals surface area contributed by atoms with Crippen molar-refractivity contribution in [2.24, 2.45) is 5.92 Å². The molecule has 3 nitrogen and oxygen atoms in total. The monoisotopic (exact) mass is 190 g/mol. The molecule has 0 saturated heterocycles. The summed E-state index contributed by atoms with van der Waals surface area (Å²) < 4.78 is 22.2. The smallest absolute Gasteiger partial charge is 0.157 e. The van der Waals surface area contributed by atoms with Gasteiger partial charge in [0.25, 0.3) is 0 Å². The van der Waals surface area contributed by atoms with E-state index < -0.39 is 15.1 Å². The highest BCUT2D eigenvalue weighted by atomic mass is 32.2. The van der Waals surface area contributed by atoms with Gasteiger partial charge in [-0.2, -0.15) is 0 Å². The topological polar surface area (TPSA) is 51.2 Å². The fourth-order valence-electron chi connectivity index (χ4n) is 1.85. The molecule has 70 valence electrons. The molecule has 0 radical (unpaired) electrons. The van der Waals surface area contributed by atoms with Gasteiger partial charge in [0, 0.05) is 6.26 Å². The Kier molecular flexibility index (Phi) is 2.88. The summed E-state index contributed by atoms with van der Waals surface area (Å²) in [5.41, 5.74) is 0. The first-order valence-corrected chi connectivity index (χ1v) is 6.15. The number of carbonyl (C=O) groups excluding carboxylic acids is 1. The Morgan fingerprint density at radius 2 is 1.83 bits per heavy atom. The lowest BCUT2D eigenvalue weighted by molar-refractivity contribution is -0.108. The van der Waals surface area contributed by atoms with E-state index in [1.807, 2.05) is 0 Å². The highest BCUT2D eigenvalue weighted by Gasteiger charge is 2.31. The Balaban J connectivity index is 2.74. The van der Waals surface area contributed by atoms with Crippen molar-refractivity contribution < 1.29 is 13.2 Å². The number of hydrogen-bond acceptors (Lipinski definition) is 3. The molecule has 0 aromatic rings. The van der Waals surface area contributed by atoms with Crippen LogP contribution in [0.4, 0.5) is 0 Å². The molecule has 12 heavy (non-hydrogen) atoms. The maximum absolute atomic E-state index is 11.1. The van der Waals surface area contributed by atoms with E-state index in [1.54, 1.807) is 0 Å². The van der Waals surface area contributed by atoms with Crippen molar-refractivity contribution in [2.75, 3.05) is 6.26 Å². The average molecular weight is 190 g/mol. The first kappa shape index (κ1) is 9.71. The summed E-state index contributed by atoms with van der Waals surface area (Å²) in [5.74, 6) is 0.0810. The van der Waals surface area contributed by atoms with Crippen molar-refractivity contribution >= 4 is 16.1 Å². The fourth-order valence-corrected chi connectivity index (χ4v) is 3.02. The molecule has 0 aromatic carbocycles. The molecule has 1 fully saturated rings. The van der Waals surface area contributed by atoms with Gasteiger partial charge in [-0.05, 0) is 18.8 Å². The molecule has 4 heteroatoms. The summed E-state index contributed by atoms with van der Waals surface area (Å²) in [4.78, 5) is 10.6. The molecular weight excluding hydrogens is 176 g/mol. The summed E-state index contributed by atoms with van der Waals surface area (Å²) in [7, 11) is -3.17. The average Bonchev–Trinajstić information content (AvgIpc) is 2.38. The van der Waals surface area contributed by atoms with Crippen LogP contribution in [0.15, 0.2) is 0 Å². The summed E-state index contributed by atoms with van der Waals surface area (Å²) in [6, 6.07) is 0. The van der Waals surface area contributed by atoms with Gasteiger partial charge >= 0.3 is 0 Å². The van der Waals surface area contributed by atoms with Gasteiger partial charge in [0.15, 0.2) is 9.84 Å². The molecule has 0 aliphatic heterocycles. The SMILES string of the molecule is CS(=O)(=O)[C@H](C=O)C1CCCC1. The van der Waals surface area contributed by atoms with Crippen LogP contribution in [-0.2, 0) is 14.6 Å². The Labute approximate surface area is 73.1 Å². The van der Waals surface area contributed by atoms with E-state index in [2.05, 4.69) is 0 Å². The summed E-state index contributed by atoms with van der Waals surface area (Å²) in [6.45, 7) is 0. The minimum absolute atomic E-state index is 0.0810. The number of sulfone groups is 1. The number of rotatable bonds is 3. The first-order chi connectivity index (χ1) is 5.55. The second-order valence-electron chi connectivity index (χ2n) is 3.47. The minimum Gasteiger partial charge on any atom is -0.302 e. The van der Waals surface area contributed by atoms with Crippen molar-refractivity contribution in [3.8, 4) is 0 Å². The van der Waals surface area contributed by atoms with Crippen molar-refractivity contribution in [3.05, 3.63) is 0 Å². The van der Waals surface area contributed by atoms with Crippen LogP contribution in [-0.4, -0.2) is 26.2 Å². The van der Waals surface area contributed by atoms with Crippen molar-refractivity contribution in [1.29, 1.82) is 0 Å². The molecule has 1 rings (SSSR count). The molecule has 1 aliphatic carbocycles. The molecule has 0 bridgehead atoms. The fraction of sp³-hybridized carbons (Fsp3) is 0.875. The summed E-state index contributed by atoms with van der Waals surface area (Å²) >= 11 is 0. The van der Waals surface area contributed by atoms with Crippen LogP contribution in [0.5, 0.6) is 0 Å². The van der Waals surface area contributed by atoms with E-state index in [4.69, 9.17) is 0 Å². The van der Waals surface area contributed by atoms with Gasteiger partial charge in [0.1, 0.15) is 11.5 Å². The normalized spacial score (nSPS) is 22.4. The quantitative estimate of drug-likeness (QED) is 0.618. The highest BCUT2D eigenvalue weighted by molar-refractivity contribution is 7.92. The predicted molar refractivity (Wildman–Crippen MR) is 46.7 cm³/mol. The molecule has 0 unspecified atom stereocenters. The molecule has 0 heterocycles. The van der Waals surface area contributed by atoms with Gasteiger partial charge in [-0.25, -0.2) is 8.42 Å². The van der Waals surface area contributed by atoms with Gasteiger partial charge in [0.05, 0.1) is 0 Å². The molecule has 1 aliphatic rings. The van der Waals surface area contributed by atoms with Gasteiger partial charge in [0.2, 0.25) is 0 Å². The second-order valence-corrected chi connectivity index (χ2v) is 5.68. The lowest BCUT2D eigenvalue weighted by atomic mass is 10.1. The van der Waals surface area contributed by atoms with Crippen LogP contribution < -0.4 is 0 Å². The van der Waals surface area contributed by atoms with E-state index >= 15 is 0 Å². The largest absolute Gasteiger partial charge is 0.302 e. The first-order valence-electron chi connectivity index (χ1n) is 4.20. The van der Waals surface area contributed by atoms with Gasteiger partial charge in [-0.15, -0.1) is 0 Å². The van der Waals surface area contributed by atoms with Crippen molar-refractivity contribution in [2.45, 2.75) is 30.9 Å². The van der Waals surface area contributed by atoms with E-state index in [0.717, 1.165) is 31.9 Å². The zero-order valence-electron chi connectivity index (χ0n) is 7.19. The molecule has 1 saturated carbocycles. The van der Waals surface area contributed by atoms with Gasteiger partial charge in [-0.1, -0.05) is 12.8 Å². The third-order valence-corrected chi connectivity index (χ3v) is 3.98. The second kappa shape index (κ2) is 3.56. The Morgan fingerprint density at radius 3 is 2.17 bits per heavy atom. The Bertz CT molecular complexity index is 249. The van der Waals surface area contributed by atoms with E-state index in [-0.39, 0.29) is 5.92 Å². The standard InChI is InChI=1S/C8H14O3S/c1-12(10,11)8(6-9)7-4-2-3-5-7/h6-8H,2-5H2,1H3/t8-/m1/s1. The van der Waals surface area contributed by atoms with E-state index in [0.29, 0.717) is 6.29 Å². The van der Waals surface area contributed by atoms with Crippen LogP contribution in [0.2, 0.25) is 0 Å². The zero-order valence-corrected chi connectivity index (χ0v) is 8.01. The zero-order chi connectivity index (χ0) is 9.19. The highest BCUT2D eigenvalue weighted by Crippen LogP contribution is 2.29. The lowest BCUT2D eigenvalue weighted by Crippen LogP contribution is -2.28. The van der Waals surface area contributed by atoms with Crippen LogP contribution in [0, 0.1) is 5.92 Å². The molecule has 1 atom stereocenters. The van der Waals surface area contributed by atoms with Crippen LogP contribution in [0.1, 0.15) is 25.7 Å². The summed E-state index contributed by atoms with van der Waals surface area (Å²) in [5, 5.41) is -0.750. The van der Waals surface area contributed by atoms with Crippen molar-refractivity contribution in [3.63, 3.8) is 0 Å².